The van der Waals surface area contributed by atoms with E-state index in [1.165, 1.54) is 38.5 Å². The lowest BCUT2D eigenvalue weighted by Crippen LogP contribution is -2.34. The normalized spacial score (nSPS) is 15.2. The van der Waals surface area contributed by atoms with Gasteiger partial charge in [0.2, 0.25) is 0 Å². The predicted molar refractivity (Wildman–Crippen MR) is 236 cm³/mol. The van der Waals surface area contributed by atoms with Crippen molar-refractivity contribution in [3.8, 4) is 0 Å². The number of carboxylic acids is 1. The summed E-state index contributed by atoms with van der Waals surface area (Å²) in [6, 6.07) is -1.55. The lowest BCUT2D eigenvalue weighted by atomic mass is 10.1. The van der Waals surface area contributed by atoms with Crippen LogP contribution in [-0.2, 0) is 37.5 Å². The van der Waals surface area contributed by atoms with Crippen LogP contribution in [0.5, 0.6) is 0 Å². The summed E-state index contributed by atoms with van der Waals surface area (Å²) in [6.07, 6.45) is 46.6. The third kappa shape index (κ3) is 39.6. The first-order valence-electron chi connectivity index (χ1n) is 21.4. The standard InChI is InChI=1S/C46H74NO11P/c1-3-5-7-9-11-12-13-14-15-16-17-18-19-20-25-29-33-37-45(50)58-42(39-56-59(53,54)57-40-43(47)46(51)52)38-55-44(49)36-32-28-24-22-21-23-27-31-35-41(48)34-30-26-10-8-6-4-2/h11-12,14-15,17-18,20,22-27,30-31,35,41-43,48H,3-10,13,16,19,21,28-29,32-34,36-40,47H2,1-2H3,(H,51,52)(H,53,54)/b12-11-,15-14-,18-17-,24-22-,25-20-,27-23-,30-26-,35-31+/t41-,42-,43+/m1/s1. The fraction of sp³-hybridized carbons (Fsp3) is 0.587. The summed E-state index contributed by atoms with van der Waals surface area (Å²) in [5.74, 6) is -2.59. The molecular formula is C46H74NO11P. The Hall–Kier alpha value is -3.64. The number of hydrogen-bond acceptors (Lipinski definition) is 10. The number of aliphatic hydroxyl groups excluding tert-OH is 1. The lowest BCUT2D eigenvalue weighted by molar-refractivity contribution is -0.161. The summed E-state index contributed by atoms with van der Waals surface area (Å²) in [4.78, 5) is 45.9. The molecule has 0 aromatic heterocycles. The average molecular weight is 848 g/mol. The van der Waals surface area contributed by atoms with Crippen LogP contribution in [0, 0.1) is 0 Å². The topological polar surface area (TPSA) is 192 Å². The molecule has 4 atom stereocenters. The highest BCUT2D eigenvalue weighted by atomic mass is 31.2. The highest BCUT2D eigenvalue weighted by Crippen LogP contribution is 2.43. The van der Waals surface area contributed by atoms with Gasteiger partial charge in [-0.05, 0) is 83.5 Å². The Kier molecular flexibility index (Phi) is 37.3. The number of carbonyl (C=O) groups excluding carboxylic acids is 2. The molecule has 0 saturated heterocycles. The Labute approximate surface area is 354 Å². The molecule has 0 saturated carbocycles. The minimum Gasteiger partial charge on any atom is -0.480 e. The summed E-state index contributed by atoms with van der Waals surface area (Å²) in [6.45, 7) is 2.52. The largest absolute Gasteiger partial charge is 0.480 e. The number of phosphoric acid groups is 1. The maximum atomic E-state index is 12.6. The second-order valence-corrected chi connectivity index (χ2v) is 15.4. The van der Waals surface area contributed by atoms with Gasteiger partial charge < -0.3 is 30.3 Å². The Balaban J connectivity index is 4.65. The Morgan fingerprint density at radius 2 is 1.08 bits per heavy atom. The van der Waals surface area contributed by atoms with Gasteiger partial charge in [0.05, 0.1) is 19.3 Å². The molecule has 0 aromatic carbocycles. The number of nitrogens with two attached hydrogens (primary N) is 1. The molecule has 0 spiro atoms. The van der Waals surface area contributed by atoms with Crippen LogP contribution in [0.3, 0.4) is 0 Å². The van der Waals surface area contributed by atoms with Gasteiger partial charge in [-0.3, -0.25) is 23.4 Å². The van der Waals surface area contributed by atoms with Crippen molar-refractivity contribution >= 4 is 25.7 Å². The minimum atomic E-state index is -4.76. The van der Waals surface area contributed by atoms with E-state index in [2.05, 4.69) is 60.9 Å². The van der Waals surface area contributed by atoms with Gasteiger partial charge >= 0.3 is 25.7 Å². The molecule has 0 heterocycles. The van der Waals surface area contributed by atoms with E-state index in [-0.39, 0.29) is 12.8 Å². The van der Waals surface area contributed by atoms with E-state index in [0.717, 1.165) is 32.1 Å². The minimum absolute atomic E-state index is 0.0554. The van der Waals surface area contributed by atoms with Crippen molar-refractivity contribution in [2.24, 2.45) is 5.73 Å². The van der Waals surface area contributed by atoms with Gasteiger partial charge in [-0.2, -0.15) is 0 Å². The van der Waals surface area contributed by atoms with Gasteiger partial charge in [0.25, 0.3) is 0 Å². The molecule has 0 fully saturated rings. The number of aliphatic hydroxyl groups is 1. The molecule has 334 valence electrons. The monoisotopic (exact) mass is 847 g/mol. The predicted octanol–water partition coefficient (Wildman–Crippen LogP) is 10.2. The van der Waals surface area contributed by atoms with Crippen LogP contribution >= 0.6 is 7.82 Å². The number of rotatable bonds is 38. The lowest BCUT2D eigenvalue weighted by Gasteiger charge is -2.20. The number of ether oxygens (including phenoxy) is 2. The average Bonchev–Trinajstić information content (AvgIpc) is 3.21. The van der Waals surface area contributed by atoms with Gasteiger partial charge in [0.15, 0.2) is 6.10 Å². The Bertz CT molecular complexity index is 1380. The second kappa shape index (κ2) is 39.8. The maximum Gasteiger partial charge on any atom is 0.472 e. The third-order valence-corrected chi connectivity index (χ3v) is 9.34. The molecule has 0 aliphatic heterocycles. The first-order valence-corrected chi connectivity index (χ1v) is 22.9. The summed E-state index contributed by atoms with van der Waals surface area (Å²) in [5, 5.41) is 18.9. The first-order chi connectivity index (χ1) is 28.5. The number of aliphatic carboxylic acids is 1. The fourth-order valence-electron chi connectivity index (χ4n) is 4.96. The maximum absolute atomic E-state index is 12.6. The van der Waals surface area contributed by atoms with Crippen molar-refractivity contribution in [1.82, 2.24) is 0 Å². The number of phosphoric ester groups is 1. The zero-order valence-corrected chi connectivity index (χ0v) is 36.6. The third-order valence-electron chi connectivity index (χ3n) is 8.39. The second-order valence-electron chi connectivity index (χ2n) is 14.0. The molecule has 0 amide bonds. The molecule has 0 rings (SSSR count). The number of carbonyl (C=O) groups is 3. The Morgan fingerprint density at radius 1 is 0.610 bits per heavy atom. The zero-order chi connectivity index (χ0) is 43.7. The van der Waals surface area contributed by atoms with Crippen LogP contribution < -0.4 is 5.73 Å². The SMILES string of the molecule is CCCCC/C=C\C/C=C\C/C=C\C/C=C\CCCC(=O)O[C@H](COC(=O)CCC/C=C\C/C=C\C=C\[C@H](O)C/C=C\CCCCC)COP(=O)(O)OC[C@H](N)C(=O)O. The first kappa shape index (κ1) is 55.4. The molecule has 12 nitrogen and oxygen atoms in total. The van der Waals surface area contributed by atoms with Crippen molar-refractivity contribution < 1.29 is 52.6 Å². The van der Waals surface area contributed by atoms with Gasteiger partial charge in [0.1, 0.15) is 12.6 Å². The van der Waals surface area contributed by atoms with E-state index in [1.54, 1.807) is 6.08 Å². The van der Waals surface area contributed by atoms with E-state index in [4.69, 9.17) is 24.8 Å². The summed E-state index contributed by atoms with van der Waals surface area (Å²) in [5.41, 5.74) is 5.32. The fourth-order valence-corrected chi connectivity index (χ4v) is 5.73. The van der Waals surface area contributed by atoms with Crippen molar-refractivity contribution in [2.45, 2.75) is 154 Å². The van der Waals surface area contributed by atoms with Crippen LogP contribution in [0.25, 0.3) is 0 Å². The van der Waals surface area contributed by atoms with Crippen LogP contribution in [0.1, 0.15) is 136 Å². The number of esters is 2. The molecule has 0 aromatic rings. The van der Waals surface area contributed by atoms with Gasteiger partial charge in [-0.1, -0.05) is 137 Å². The smallest absolute Gasteiger partial charge is 0.472 e. The number of carboxylic acid groups (broad SMARTS) is 1. The van der Waals surface area contributed by atoms with E-state index >= 15 is 0 Å². The molecule has 1 unspecified atom stereocenters. The molecule has 0 bridgehead atoms. The van der Waals surface area contributed by atoms with Crippen LogP contribution in [0.15, 0.2) is 97.2 Å². The van der Waals surface area contributed by atoms with Crippen molar-refractivity contribution in [3.05, 3.63) is 97.2 Å². The molecular weight excluding hydrogens is 773 g/mol. The number of unbranched alkanes of at least 4 members (excludes halogenated alkanes) is 8. The molecule has 0 aliphatic carbocycles. The van der Waals surface area contributed by atoms with E-state index < -0.39 is 63.8 Å². The molecule has 0 radical (unpaired) electrons. The van der Waals surface area contributed by atoms with Crippen LogP contribution in [-0.4, -0.2) is 71.1 Å². The highest BCUT2D eigenvalue weighted by molar-refractivity contribution is 7.47. The van der Waals surface area contributed by atoms with Gasteiger partial charge in [0, 0.05) is 12.8 Å². The molecule has 0 aliphatic rings. The number of allylic oxidation sites excluding steroid dienone is 14. The highest BCUT2D eigenvalue weighted by Gasteiger charge is 2.28. The van der Waals surface area contributed by atoms with Gasteiger partial charge in [-0.15, -0.1) is 0 Å². The quantitative estimate of drug-likeness (QED) is 0.0151. The van der Waals surface area contributed by atoms with Gasteiger partial charge in [-0.25, -0.2) is 4.57 Å². The summed E-state index contributed by atoms with van der Waals surface area (Å²) < 4.78 is 32.5. The molecule has 5 N–H and O–H groups in total. The molecule has 13 heteroatoms. The molecule has 59 heavy (non-hydrogen) atoms. The van der Waals surface area contributed by atoms with Crippen LogP contribution in [0.4, 0.5) is 0 Å². The summed E-state index contributed by atoms with van der Waals surface area (Å²) >= 11 is 0. The Morgan fingerprint density at radius 3 is 1.63 bits per heavy atom. The van der Waals surface area contributed by atoms with E-state index in [0.29, 0.717) is 38.5 Å². The van der Waals surface area contributed by atoms with Crippen molar-refractivity contribution in [2.75, 3.05) is 19.8 Å². The number of hydrogen-bond donors (Lipinski definition) is 4. The van der Waals surface area contributed by atoms with Crippen molar-refractivity contribution in [1.29, 1.82) is 0 Å². The summed E-state index contributed by atoms with van der Waals surface area (Å²) in [7, 11) is -4.76. The van der Waals surface area contributed by atoms with Crippen molar-refractivity contribution in [3.63, 3.8) is 0 Å². The van der Waals surface area contributed by atoms with Crippen LogP contribution in [0.2, 0.25) is 0 Å². The van der Waals surface area contributed by atoms with E-state index in [9.17, 15) is 28.9 Å². The zero-order valence-electron chi connectivity index (χ0n) is 35.7. The van der Waals surface area contributed by atoms with E-state index in [1.807, 2.05) is 48.6 Å².